The molecule has 0 saturated heterocycles. The van der Waals surface area contributed by atoms with Gasteiger partial charge in [-0.3, -0.25) is 24.3 Å². The van der Waals surface area contributed by atoms with Crippen LogP contribution < -0.4 is 10.1 Å². The molecule has 1 aliphatic rings. The molecule has 2 heterocycles. The van der Waals surface area contributed by atoms with Crippen LogP contribution in [0.1, 0.15) is 20.8 Å². The summed E-state index contributed by atoms with van der Waals surface area (Å²) in [6.45, 7) is -0.383. The van der Waals surface area contributed by atoms with Crippen molar-refractivity contribution in [2.24, 2.45) is 0 Å². The SMILES string of the molecule is COc1ccccc1NC(=O)CN1C(=O)c2cccnc2C1=O. The van der Waals surface area contributed by atoms with Gasteiger partial charge in [0, 0.05) is 6.20 Å². The summed E-state index contributed by atoms with van der Waals surface area (Å²) in [6, 6.07) is 9.96. The van der Waals surface area contributed by atoms with Crippen molar-refractivity contribution in [2.45, 2.75) is 0 Å². The fraction of sp³-hybridized carbons (Fsp3) is 0.125. The van der Waals surface area contributed by atoms with E-state index in [2.05, 4.69) is 10.3 Å². The Morgan fingerprint density at radius 2 is 1.96 bits per heavy atom. The highest BCUT2D eigenvalue weighted by Crippen LogP contribution is 2.24. The van der Waals surface area contributed by atoms with Gasteiger partial charge < -0.3 is 10.1 Å². The first-order chi connectivity index (χ1) is 11.1. The van der Waals surface area contributed by atoms with Gasteiger partial charge in [-0.2, -0.15) is 0 Å². The molecule has 23 heavy (non-hydrogen) atoms. The number of fused-ring (bicyclic) bond motifs is 1. The highest BCUT2D eigenvalue weighted by atomic mass is 16.5. The molecule has 7 heteroatoms. The van der Waals surface area contributed by atoms with Crippen molar-refractivity contribution < 1.29 is 19.1 Å². The van der Waals surface area contributed by atoms with E-state index in [9.17, 15) is 14.4 Å². The summed E-state index contributed by atoms with van der Waals surface area (Å²) < 4.78 is 5.14. The van der Waals surface area contributed by atoms with Gasteiger partial charge in [-0.15, -0.1) is 0 Å². The smallest absolute Gasteiger partial charge is 0.280 e. The molecule has 1 aliphatic heterocycles. The Labute approximate surface area is 131 Å². The average Bonchev–Trinajstić information content (AvgIpc) is 2.81. The molecule has 1 aromatic carbocycles. The van der Waals surface area contributed by atoms with Crippen LogP contribution in [0.2, 0.25) is 0 Å². The zero-order chi connectivity index (χ0) is 16.4. The lowest BCUT2D eigenvalue weighted by atomic mass is 10.2. The van der Waals surface area contributed by atoms with Gasteiger partial charge in [-0.25, -0.2) is 0 Å². The van der Waals surface area contributed by atoms with Crippen LogP contribution >= 0.6 is 0 Å². The number of nitrogens with zero attached hydrogens (tertiary/aromatic N) is 2. The topological polar surface area (TPSA) is 88.6 Å². The molecule has 1 aromatic heterocycles. The molecule has 0 unspecified atom stereocenters. The molecule has 0 bridgehead atoms. The Morgan fingerprint density at radius 3 is 2.70 bits per heavy atom. The van der Waals surface area contributed by atoms with Crippen molar-refractivity contribution in [3.63, 3.8) is 0 Å². The number of carbonyl (C=O) groups excluding carboxylic acids is 3. The standard InChI is InChI=1S/C16H13N3O4/c1-23-12-7-3-2-6-11(12)18-13(20)9-19-15(21)10-5-4-8-17-14(10)16(19)22/h2-8H,9H2,1H3,(H,18,20). The third-order valence-corrected chi connectivity index (χ3v) is 3.41. The predicted molar refractivity (Wildman–Crippen MR) is 81.2 cm³/mol. The second-order valence-corrected chi connectivity index (χ2v) is 4.84. The third kappa shape index (κ3) is 2.64. The van der Waals surface area contributed by atoms with Crippen molar-refractivity contribution in [3.8, 4) is 5.75 Å². The average molecular weight is 311 g/mol. The lowest BCUT2D eigenvalue weighted by Crippen LogP contribution is -2.37. The second kappa shape index (κ2) is 5.88. The number of para-hydroxylation sites is 2. The normalized spacial score (nSPS) is 13.0. The molecule has 0 spiro atoms. The molecule has 3 amide bonds. The lowest BCUT2D eigenvalue weighted by molar-refractivity contribution is -0.116. The summed E-state index contributed by atoms with van der Waals surface area (Å²) in [5.74, 6) is -1.09. The van der Waals surface area contributed by atoms with Crippen molar-refractivity contribution in [2.75, 3.05) is 19.0 Å². The summed E-state index contributed by atoms with van der Waals surface area (Å²) in [6.07, 6.45) is 1.43. The Morgan fingerprint density at radius 1 is 1.17 bits per heavy atom. The number of hydrogen-bond donors (Lipinski definition) is 1. The zero-order valence-electron chi connectivity index (χ0n) is 12.3. The van der Waals surface area contributed by atoms with Crippen LogP contribution in [0.3, 0.4) is 0 Å². The van der Waals surface area contributed by atoms with Crippen molar-refractivity contribution in [1.29, 1.82) is 0 Å². The molecule has 2 aromatic rings. The first-order valence-electron chi connectivity index (χ1n) is 6.86. The summed E-state index contributed by atoms with van der Waals surface area (Å²) >= 11 is 0. The molecular weight excluding hydrogens is 298 g/mol. The first-order valence-corrected chi connectivity index (χ1v) is 6.86. The van der Waals surface area contributed by atoms with Gasteiger partial charge in [0.1, 0.15) is 18.0 Å². The quantitative estimate of drug-likeness (QED) is 0.860. The van der Waals surface area contributed by atoms with E-state index < -0.39 is 17.7 Å². The maximum atomic E-state index is 12.2. The van der Waals surface area contributed by atoms with E-state index in [1.54, 1.807) is 30.3 Å². The molecular formula is C16H13N3O4. The highest BCUT2D eigenvalue weighted by molar-refractivity contribution is 6.21. The minimum absolute atomic E-state index is 0.0718. The van der Waals surface area contributed by atoms with Crippen LogP contribution in [0.25, 0.3) is 0 Å². The number of rotatable bonds is 4. The van der Waals surface area contributed by atoms with Gasteiger partial charge in [0.05, 0.1) is 18.4 Å². The molecule has 1 N–H and O–H groups in total. The molecule has 7 nitrogen and oxygen atoms in total. The highest BCUT2D eigenvalue weighted by Gasteiger charge is 2.37. The number of hydrogen-bond acceptors (Lipinski definition) is 5. The molecule has 3 rings (SSSR count). The van der Waals surface area contributed by atoms with Crippen molar-refractivity contribution in [3.05, 3.63) is 53.9 Å². The van der Waals surface area contributed by atoms with E-state index in [1.165, 1.54) is 19.4 Å². The number of ether oxygens (including phenoxy) is 1. The molecule has 0 aliphatic carbocycles. The van der Waals surface area contributed by atoms with Gasteiger partial charge in [0.15, 0.2) is 0 Å². The minimum Gasteiger partial charge on any atom is -0.495 e. The fourth-order valence-electron chi connectivity index (χ4n) is 2.34. The van der Waals surface area contributed by atoms with Gasteiger partial charge in [0.2, 0.25) is 5.91 Å². The Hall–Kier alpha value is -3.22. The van der Waals surface area contributed by atoms with Crippen LogP contribution in [0.15, 0.2) is 42.6 Å². The summed E-state index contributed by atoms with van der Waals surface area (Å²) in [5, 5.41) is 2.63. The molecule has 0 fully saturated rings. The number of nitrogens with one attached hydrogen (secondary N) is 1. The number of amides is 3. The van der Waals surface area contributed by atoms with Crippen LogP contribution in [-0.4, -0.2) is 41.3 Å². The van der Waals surface area contributed by atoms with Crippen molar-refractivity contribution in [1.82, 2.24) is 9.88 Å². The first kappa shape index (κ1) is 14.7. The number of imide groups is 1. The monoisotopic (exact) mass is 311 g/mol. The Bertz CT molecular complexity index is 768. The van der Waals surface area contributed by atoms with Gasteiger partial charge in [-0.05, 0) is 24.3 Å². The zero-order valence-corrected chi connectivity index (χ0v) is 12.3. The molecule has 0 atom stereocenters. The largest absolute Gasteiger partial charge is 0.495 e. The van der Waals surface area contributed by atoms with E-state index in [4.69, 9.17) is 4.74 Å². The van der Waals surface area contributed by atoms with Crippen LogP contribution in [0, 0.1) is 0 Å². The number of anilines is 1. The number of aromatic nitrogens is 1. The number of benzene rings is 1. The van der Waals surface area contributed by atoms with E-state index in [-0.39, 0.29) is 17.8 Å². The number of methoxy groups -OCH3 is 1. The Balaban J connectivity index is 1.74. The maximum absolute atomic E-state index is 12.2. The lowest BCUT2D eigenvalue weighted by Gasteiger charge is -2.14. The van der Waals surface area contributed by atoms with E-state index in [0.717, 1.165) is 4.90 Å². The number of carbonyl (C=O) groups is 3. The number of pyridine rings is 1. The van der Waals surface area contributed by atoms with Crippen LogP contribution in [0.5, 0.6) is 5.75 Å². The van der Waals surface area contributed by atoms with E-state index in [0.29, 0.717) is 11.4 Å². The third-order valence-electron chi connectivity index (χ3n) is 3.41. The van der Waals surface area contributed by atoms with Crippen LogP contribution in [-0.2, 0) is 4.79 Å². The molecule has 0 saturated carbocycles. The molecule has 0 radical (unpaired) electrons. The fourth-order valence-corrected chi connectivity index (χ4v) is 2.34. The van der Waals surface area contributed by atoms with Crippen molar-refractivity contribution >= 4 is 23.4 Å². The van der Waals surface area contributed by atoms with Gasteiger partial charge >= 0.3 is 0 Å². The summed E-state index contributed by atoms with van der Waals surface area (Å²) in [5.41, 5.74) is 0.750. The van der Waals surface area contributed by atoms with E-state index >= 15 is 0 Å². The summed E-state index contributed by atoms with van der Waals surface area (Å²) in [4.78, 5) is 41.3. The van der Waals surface area contributed by atoms with Crippen LogP contribution in [0.4, 0.5) is 5.69 Å². The predicted octanol–water partition coefficient (Wildman–Crippen LogP) is 1.32. The summed E-state index contributed by atoms with van der Waals surface area (Å²) in [7, 11) is 1.49. The van der Waals surface area contributed by atoms with Gasteiger partial charge in [0.25, 0.3) is 11.8 Å². The maximum Gasteiger partial charge on any atom is 0.280 e. The Kier molecular flexibility index (Phi) is 3.76. The van der Waals surface area contributed by atoms with E-state index in [1.807, 2.05) is 0 Å². The second-order valence-electron chi connectivity index (χ2n) is 4.84. The molecule has 116 valence electrons. The van der Waals surface area contributed by atoms with Gasteiger partial charge in [-0.1, -0.05) is 12.1 Å². The minimum atomic E-state index is -0.569.